The number of aromatic nitrogens is 3. The van der Waals surface area contributed by atoms with Crippen LogP contribution in [0.1, 0.15) is 34.1 Å². The van der Waals surface area contributed by atoms with Crippen molar-refractivity contribution < 1.29 is 4.74 Å². The number of ether oxygens (including phenoxy) is 1. The molecule has 2 aromatic heterocycles. The van der Waals surface area contributed by atoms with Crippen LogP contribution in [0.5, 0.6) is 5.75 Å². The van der Waals surface area contributed by atoms with E-state index < -0.39 is 0 Å². The summed E-state index contributed by atoms with van der Waals surface area (Å²) in [6, 6.07) is 17.0. The summed E-state index contributed by atoms with van der Waals surface area (Å²) in [6.07, 6.45) is 0.997. The monoisotopic (exact) mass is 420 g/mol. The summed E-state index contributed by atoms with van der Waals surface area (Å²) < 4.78 is 7.28. The lowest BCUT2D eigenvalue weighted by Gasteiger charge is -2.36. The lowest BCUT2D eigenvalue weighted by molar-refractivity contribution is 0.201. The number of methoxy groups -OCH3 is 1. The Bertz CT molecular complexity index is 1230. The van der Waals surface area contributed by atoms with Crippen LogP contribution in [0.15, 0.2) is 48.5 Å². The predicted octanol–water partition coefficient (Wildman–Crippen LogP) is 5.02. The molecule has 30 heavy (non-hydrogen) atoms. The number of benzene rings is 2. The van der Waals surface area contributed by atoms with Crippen LogP contribution in [0.3, 0.4) is 0 Å². The molecule has 0 fully saturated rings. The summed E-state index contributed by atoms with van der Waals surface area (Å²) in [5, 5.41) is 6.53. The zero-order valence-electron chi connectivity index (χ0n) is 17.4. The van der Waals surface area contributed by atoms with Crippen LogP contribution in [0.25, 0.3) is 10.9 Å². The van der Waals surface area contributed by atoms with Gasteiger partial charge in [0.1, 0.15) is 10.9 Å². The molecule has 6 heteroatoms. The van der Waals surface area contributed by atoms with Gasteiger partial charge in [-0.15, -0.1) is 0 Å². The van der Waals surface area contributed by atoms with E-state index >= 15 is 0 Å². The number of nitrogens with zero attached hydrogens (tertiary/aromatic N) is 3. The standard InChI is InChI=1S/C24H25ClN4O/c1-15-20(24(25)28(2)27-15)14-29-12-11-19-18-9-4-5-10-21(18)26-22(19)23(29)16-7-6-8-17(13-16)30-3/h4-10,13,23,26H,11-12,14H2,1-3H3. The van der Waals surface area contributed by atoms with E-state index in [4.69, 9.17) is 16.3 Å². The molecule has 4 aromatic rings. The summed E-state index contributed by atoms with van der Waals surface area (Å²) in [6.45, 7) is 3.72. The number of nitrogens with one attached hydrogen (secondary N) is 1. The molecular formula is C24H25ClN4O. The molecular weight excluding hydrogens is 396 g/mol. The van der Waals surface area contributed by atoms with Gasteiger partial charge in [0, 0.05) is 42.3 Å². The van der Waals surface area contributed by atoms with Crippen molar-refractivity contribution in [3.8, 4) is 5.75 Å². The van der Waals surface area contributed by atoms with Crippen molar-refractivity contribution in [2.75, 3.05) is 13.7 Å². The number of halogens is 1. The molecule has 1 aliphatic heterocycles. The topological polar surface area (TPSA) is 46.1 Å². The van der Waals surface area contributed by atoms with E-state index in [1.54, 1.807) is 11.8 Å². The molecule has 0 radical (unpaired) electrons. The number of aryl methyl sites for hydroxylation is 2. The Morgan fingerprint density at radius 3 is 2.80 bits per heavy atom. The number of rotatable bonds is 4. The van der Waals surface area contributed by atoms with E-state index in [1.165, 1.54) is 27.7 Å². The highest BCUT2D eigenvalue weighted by atomic mass is 35.5. The van der Waals surface area contributed by atoms with Gasteiger partial charge in [0.2, 0.25) is 0 Å². The predicted molar refractivity (Wildman–Crippen MR) is 120 cm³/mol. The van der Waals surface area contributed by atoms with Crippen LogP contribution in [0.2, 0.25) is 5.15 Å². The Morgan fingerprint density at radius 2 is 2.03 bits per heavy atom. The molecule has 2 aromatic carbocycles. The van der Waals surface area contributed by atoms with Crippen LogP contribution in [-0.2, 0) is 20.0 Å². The van der Waals surface area contributed by atoms with Gasteiger partial charge in [0.15, 0.2) is 0 Å². The fraction of sp³-hybridized carbons (Fsp3) is 0.292. The molecule has 3 heterocycles. The largest absolute Gasteiger partial charge is 0.497 e. The third-order valence-corrected chi connectivity index (χ3v) is 6.65. The third-order valence-electron chi connectivity index (χ3n) is 6.17. The highest BCUT2D eigenvalue weighted by Crippen LogP contribution is 2.40. The minimum atomic E-state index is 0.0897. The number of hydrogen-bond acceptors (Lipinski definition) is 3. The van der Waals surface area contributed by atoms with Crippen molar-refractivity contribution in [1.29, 1.82) is 0 Å². The molecule has 5 rings (SSSR count). The second-order valence-electron chi connectivity index (χ2n) is 7.94. The Balaban J connectivity index is 1.64. The summed E-state index contributed by atoms with van der Waals surface area (Å²) in [5.74, 6) is 0.867. The van der Waals surface area contributed by atoms with Gasteiger partial charge in [0.05, 0.1) is 18.8 Å². The first-order valence-electron chi connectivity index (χ1n) is 10.2. The minimum absolute atomic E-state index is 0.0897. The molecule has 0 saturated carbocycles. The van der Waals surface area contributed by atoms with E-state index in [1.807, 2.05) is 20.0 Å². The van der Waals surface area contributed by atoms with Gasteiger partial charge in [-0.05, 0) is 42.7 Å². The van der Waals surface area contributed by atoms with E-state index in [2.05, 4.69) is 57.4 Å². The molecule has 0 amide bonds. The second-order valence-corrected chi connectivity index (χ2v) is 8.30. The summed E-state index contributed by atoms with van der Waals surface area (Å²) in [5.41, 5.74) is 7.13. The van der Waals surface area contributed by atoms with Crippen LogP contribution in [0, 0.1) is 6.92 Å². The molecule has 0 bridgehead atoms. The van der Waals surface area contributed by atoms with Crippen LogP contribution in [-0.4, -0.2) is 33.3 Å². The first-order chi connectivity index (χ1) is 14.6. The maximum atomic E-state index is 6.59. The maximum Gasteiger partial charge on any atom is 0.131 e. The highest BCUT2D eigenvalue weighted by Gasteiger charge is 2.33. The van der Waals surface area contributed by atoms with E-state index in [-0.39, 0.29) is 6.04 Å². The molecule has 5 nitrogen and oxygen atoms in total. The average molecular weight is 421 g/mol. The molecule has 1 unspecified atom stereocenters. The van der Waals surface area contributed by atoms with Gasteiger partial charge in [-0.2, -0.15) is 5.10 Å². The van der Waals surface area contributed by atoms with E-state index in [9.17, 15) is 0 Å². The Kier molecular flexibility index (Phi) is 4.80. The van der Waals surface area contributed by atoms with Gasteiger partial charge in [-0.25, -0.2) is 0 Å². The lowest BCUT2D eigenvalue weighted by Crippen LogP contribution is -2.35. The van der Waals surface area contributed by atoms with E-state index in [0.717, 1.165) is 36.5 Å². The second kappa shape index (κ2) is 7.49. The summed E-state index contributed by atoms with van der Waals surface area (Å²) in [7, 11) is 3.61. The zero-order chi connectivity index (χ0) is 20.8. The molecule has 1 aliphatic rings. The van der Waals surface area contributed by atoms with Gasteiger partial charge < -0.3 is 9.72 Å². The van der Waals surface area contributed by atoms with Crippen molar-refractivity contribution >= 4 is 22.5 Å². The summed E-state index contributed by atoms with van der Waals surface area (Å²) in [4.78, 5) is 6.20. The van der Waals surface area contributed by atoms with Crippen molar-refractivity contribution in [3.63, 3.8) is 0 Å². The quantitative estimate of drug-likeness (QED) is 0.504. The van der Waals surface area contributed by atoms with Gasteiger partial charge >= 0.3 is 0 Å². The minimum Gasteiger partial charge on any atom is -0.497 e. The number of para-hydroxylation sites is 1. The Hall–Kier alpha value is -2.76. The van der Waals surface area contributed by atoms with Crippen LogP contribution in [0.4, 0.5) is 0 Å². The fourth-order valence-electron chi connectivity index (χ4n) is 4.71. The number of hydrogen-bond donors (Lipinski definition) is 1. The number of H-pyrrole nitrogens is 1. The zero-order valence-corrected chi connectivity index (χ0v) is 18.2. The molecule has 0 saturated heterocycles. The van der Waals surface area contributed by atoms with Gasteiger partial charge in [-0.1, -0.05) is 41.9 Å². The number of fused-ring (bicyclic) bond motifs is 3. The Morgan fingerprint density at radius 1 is 1.20 bits per heavy atom. The first-order valence-corrected chi connectivity index (χ1v) is 10.6. The summed E-state index contributed by atoms with van der Waals surface area (Å²) >= 11 is 6.59. The van der Waals surface area contributed by atoms with Crippen LogP contribution >= 0.6 is 11.6 Å². The lowest BCUT2D eigenvalue weighted by atomic mass is 9.92. The average Bonchev–Trinajstić information content (AvgIpc) is 3.25. The fourth-order valence-corrected chi connectivity index (χ4v) is 4.94. The van der Waals surface area contributed by atoms with Crippen molar-refractivity contribution in [2.24, 2.45) is 7.05 Å². The molecule has 0 spiro atoms. The maximum absolute atomic E-state index is 6.59. The smallest absolute Gasteiger partial charge is 0.131 e. The SMILES string of the molecule is COc1cccc(C2c3[nH]c4ccccc4c3CCN2Cc2c(C)nn(C)c2Cl)c1. The third kappa shape index (κ3) is 3.09. The first kappa shape index (κ1) is 19.2. The van der Waals surface area contributed by atoms with Crippen molar-refractivity contribution in [2.45, 2.75) is 25.9 Å². The number of aromatic amines is 1. The molecule has 1 atom stereocenters. The highest BCUT2D eigenvalue weighted by molar-refractivity contribution is 6.30. The normalized spacial score (nSPS) is 16.7. The molecule has 154 valence electrons. The van der Waals surface area contributed by atoms with Crippen molar-refractivity contribution in [3.05, 3.63) is 81.8 Å². The van der Waals surface area contributed by atoms with E-state index in [0.29, 0.717) is 5.15 Å². The molecule has 1 N–H and O–H groups in total. The van der Waals surface area contributed by atoms with Gasteiger partial charge in [0.25, 0.3) is 0 Å². The van der Waals surface area contributed by atoms with Crippen molar-refractivity contribution in [1.82, 2.24) is 19.7 Å². The Labute approximate surface area is 181 Å². The van der Waals surface area contributed by atoms with Crippen LogP contribution < -0.4 is 4.74 Å². The molecule has 0 aliphatic carbocycles. The van der Waals surface area contributed by atoms with Gasteiger partial charge in [-0.3, -0.25) is 9.58 Å².